The maximum atomic E-state index is 11.7. The van der Waals surface area contributed by atoms with Gasteiger partial charge in [0.05, 0.1) is 18.9 Å². The minimum Gasteiger partial charge on any atom is -0.496 e. The number of carbonyl (C=O) groups excluding carboxylic acids is 1. The third kappa shape index (κ3) is 2.45. The smallest absolute Gasteiger partial charge is 0.307 e. The number of amides is 1. The molecule has 1 aliphatic carbocycles. The van der Waals surface area contributed by atoms with Gasteiger partial charge in [-0.1, -0.05) is 0 Å². The largest absolute Gasteiger partial charge is 0.496 e. The second-order valence-electron chi connectivity index (χ2n) is 4.46. The zero-order valence-electron chi connectivity index (χ0n) is 10.3. The second-order valence-corrected chi connectivity index (χ2v) is 4.46. The van der Waals surface area contributed by atoms with Crippen LogP contribution in [0.3, 0.4) is 0 Å². The molecule has 5 heteroatoms. The van der Waals surface area contributed by atoms with Crippen LogP contribution in [0.2, 0.25) is 0 Å². The Balaban J connectivity index is 2.00. The standard InChI is InChI=1S/C13H15NO4/c1-7-5-8(3-4-11(7)18-2)14-12(15)9-6-10(9)13(16)17/h3-5,9-10H,6H2,1-2H3,(H,14,15)(H,16,17). The molecule has 1 fully saturated rings. The Morgan fingerprint density at radius 2 is 2.11 bits per heavy atom. The first-order valence-electron chi connectivity index (χ1n) is 5.71. The monoisotopic (exact) mass is 249 g/mol. The number of carboxylic acids is 1. The third-order valence-electron chi connectivity index (χ3n) is 3.11. The normalized spacial score (nSPS) is 21.2. The summed E-state index contributed by atoms with van der Waals surface area (Å²) in [5.41, 5.74) is 1.58. The first-order chi connectivity index (χ1) is 8.52. The van der Waals surface area contributed by atoms with Crippen LogP contribution >= 0.6 is 0 Å². The molecule has 1 aromatic rings. The molecule has 0 heterocycles. The predicted octanol–water partition coefficient (Wildman–Crippen LogP) is 1.66. The average molecular weight is 249 g/mol. The van der Waals surface area contributed by atoms with E-state index in [1.807, 2.05) is 6.92 Å². The molecule has 0 saturated heterocycles. The lowest BCUT2D eigenvalue weighted by molar-refractivity contribution is -0.139. The van der Waals surface area contributed by atoms with Crippen LogP contribution in [0.5, 0.6) is 5.75 Å². The molecule has 18 heavy (non-hydrogen) atoms. The molecule has 2 atom stereocenters. The Labute approximate surface area is 105 Å². The molecule has 1 amide bonds. The van der Waals surface area contributed by atoms with Crippen molar-refractivity contribution in [1.82, 2.24) is 0 Å². The first kappa shape index (κ1) is 12.4. The van der Waals surface area contributed by atoms with Gasteiger partial charge < -0.3 is 15.2 Å². The number of aryl methyl sites for hydroxylation is 1. The van der Waals surface area contributed by atoms with Gasteiger partial charge in [-0.05, 0) is 37.1 Å². The highest BCUT2D eigenvalue weighted by atomic mass is 16.5. The molecule has 1 aromatic carbocycles. The van der Waals surface area contributed by atoms with Crippen molar-refractivity contribution in [3.63, 3.8) is 0 Å². The summed E-state index contributed by atoms with van der Waals surface area (Å²) in [6, 6.07) is 5.31. The number of methoxy groups -OCH3 is 1. The van der Waals surface area contributed by atoms with E-state index >= 15 is 0 Å². The van der Waals surface area contributed by atoms with Crippen molar-refractivity contribution in [1.29, 1.82) is 0 Å². The van der Waals surface area contributed by atoms with Gasteiger partial charge in [0, 0.05) is 5.69 Å². The van der Waals surface area contributed by atoms with E-state index < -0.39 is 17.8 Å². The Kier molecular flexibility index (Phi) is 3.23. The topological polar surface area (TPSA) is 75.6 Å². The molecule has 0 aliphatic heterocycles. The lowest BCUT2D eigenvalue weighted by Crippen LogP contribution is -2.16. The highest BCUT2D eigenvalue weighted by Gasteiger charge is 2.48. The van der Waals surface area contributed by atoms with Crippen molar-refractivity contribution >= 4 is 17.6 Å². The van der Waals surface area contributed by atoms with Crippen molar-refractivity contribution < 1.29 is 19.4 Å². The van der Waals surface area contributed by atoms with Crippen molar-refractivity contribution in [2.45, 2.75) is 13.3 Å². The molecule has 0 radical (unpaired) electrons. The number of carboxylic acid groups (broad SMARTS) is 1. The highest BCUT2D eigenvalue weighted by Crippen LogP contribution is 2.39. The molecular weight excluding hydrogens is 234 g/mol. The molecule has 2 unspecified atom stereocenters. The lowest BCUT2D eigenvalue weighted by atomic mass is 10.2. The van der Waals surface area contributed by atoms with E-state index in [0.29, 0.717) is 12.1 Å². The minimum atomic E-state index is -0.902. The van der Waals surface area contributed by atoms with E-state index in [4.69, 9.17) is 9.84 Å². The predicted molar refractivity (Wildman–Crippen MR) is 65.6 cm³/mol. The van der Waals surface area contributed by atoms with Gasteiger partial charge in [0.25, 0.3) is 0 Å². The Hall–Kier alpha value is -2.04. The van der Waals surface area contributed by atoms with Crippen LogP contribution in [0, 0.1) is 18.8 Å². The summed E-state index contributed by atoms with van der Waals surface area (Å²) in [6.45, 7) is 1.88. The molecule has 1 aliphatic rings. The molecule has 1 saturated carbocycles. The molecule has 2 N–H and O–H groups in total. The number of rotatable bonds is 4. The number of carbonyl (C=O) groups is 2. The van der Waals surface area contributed by atoms with E-state index in [1.165, 1.54) is 0 Å². The molecular formula is C13H15NO4. The van der Waals surface area contributed by atoms with Crippen molar-refractivity contribution in [3.05, 3.63) is 23.8 Å². The highest BCUT2D eigenvalue weighted by molar-refractivity contribution is 5.98. The summed E-state index contributed by atoms with van der Waals surface area (Å²) in [5, 5.41) is 11.5. The van der Waals surface area contributed by atoms with E-state index in [-0.39, 0.29) is 5.91 Å². The zero-order chi connectivity index (χ0) is 13.3. The van der Waals surface area contributed by atoms with E-state index in [1.54, 1.807) is 25.3 Å². The Morgan fingerprint density at radius 1 is 1.39 bits per heavy atom. The number of nitrogens with one attached hydrogen (secondary N) is 1. The summed E-state index contributed by atoms with van der Waals surface area (Å²) in [7, 11) is 1.59. The number of hydrogen-bond acceptors (Lipinski definition) is 3. The number of benzene rings is 1. The van der Waals surface area contributed by atoms with Crippen molar-refractivity contribution in [2.75, 3.05) is 12.4 Å². The van der Waals surface area contributed by atoms with E-state index in [9.17, 15) is 9.59 Å². The number of ether oxygens (including phenoxy) is 1. The fourth-order valence-electron chi connectivity index (χ4n) is 1.95. The van der Waals surface area contributed by atoms with Crippen molar-refractivity contribution in [3.8, 4) is 5.75 Å². The molecule has 0 aromatic heterocycles. The van der Waals surface area contributed by atoms with E-state index in [0.717, 1.165) is 11.3 Å². The number of aliphatic carboxylic acids is 1. The fraction of sp³-hybridized carbons (Fsp3) is 0.385. The fourth-order valence-corrected chi connectivity index (χ4v) is 1.95. The molecule has 5 nitrogen and oxygen atoms in total. The molecule has 2 rings (SSSR count). The van der Waals surface area contributed by atoms with Crippen LogP contribution in [0.15, 0.2) is 18.2 Å². The van der Waals surface area contributed by atoms with Gasteiger partial charge in [-0.15, -0.1) is 0 Å². The van der Waals surface area contributed by atoms with Crippen LogP contribution in [0.1, 0.15) is 12.0 Å². The van der Waals surface area contributed by atoms with Crippen LogP contribution in [0.4, 0.5) is 5.69 Å². The average Bonchev–Trinajstić information content (AvgIpc) is 3.09. The Bertz CT molecular complexity index is 498. The second kappa shape index (κ2) is 4.68. The van der Waals surface area contributed by atoms with Crippen LogP contribution in [-0.4, -0.2) is 24.1 Å². The molecule has 0 bridgehead atoms. The number of hydrogen-bond donors (Lipinski definition) is 2. The van der Waals surface area contributed by atoms with E-state index in [2.05, 4.69) is 5.32 Å². The molecule has 96 valence electrons. The maximum absolute atomic E-state index is 11.7. The third-order valence-corrected chi connectivity index (χ3v) is 3.11. The zero-order valence-corrected chi connectivity index (χ0v) is 10.3. The summed E-state index contributed by atoms with van der Waals surface area (Å²) in [4.78, 5) is 22.4. The van der Waals surface area contributed by atoms with Gasteiger partial charge in [-0.2, -0.15) is 0 Å². The van der Waals surface area contributed by atoms with Crippen LogP contribution in [0.25, 0.3) is 0 Å². The first-order valence-corrected chi connectivity index (χ1v) is 5.71. The quantitative estimate of drug-likeness (QED) is 0.851. The van der Waals surface area contributed by atoms with Gasteiger partial charge in [-0.25, -0.2) is 0 Å². The molecule has 0 spiro atoms. The summed E-state index contributed by atoms with van der Waals surface area (Å²) < 4.78 is 5.12. The Morgan fingerprint density at radius 3 is 2.61 bits per heavy atom. The van der Waals surface area contributed by atoms with Crippen LogP contribution in [-0.2, 0) is 9.59 Å². The van der Waals surface area contributed by atoms with Crippen molar-refractivity contribution in [2.24, 2.45) is 11.8 Å². The summed E-state index contributed by atoms with van der Waals surface area (Å²) >= 11 is 0. The van der Waals surface area contributed by atoms with Gasteiger partial charge >= 0.3 is 5.97 Å². The van der Waals surface area contributed by atoms with Gasteiger partial charge in [0.1, 0.15) is 5.75 Å². The van der Waals surface area contributed by atoms with Crippen LogP contribution < -0.4 is 10.1 Å². The summed E-state index contributed by atoms with van der Waals surface area (Å²) in [5.74, 6) is -1.30. The number of anilines is 1. The van der Waals surface area contributed by atoms with Gasteiger partial charge in [0.15, 0.2) is 0 Å². The minimum absolute atomic E-state index is 0.230. The maximum Gasteiger partial charge on any atom is 0.307 e. The summed E-state index contributed by atoms with van der Waals surface area (Å²) in [6.07, 6.45) is 0.427. The lowest BCUT2D eigenvalue weighted by Gasteiger charge is -2.08. The van der Waals surface area contributed by atoms with Gasteiger partial charge in [-0.3, -0.25) is 9.59 Å². The van der Waals surface area contributed by atoms with Gasteiger partial charge in [0.2, 0.25) is 5.91 Å². The SMILES string of the molecule is COc1ccc(NC(=O)C2CC2C(=O)O)cc1C.